The molecule has 1 saturated heterocycles. The Hall–Kier alpha value is -3.22. The van der Waals surface area contributed by atoms with Gasteiger partial charge in [-0.15, -0.1) is 0 Å². The molecule has 2 amide bonds. The molecular formula is C20H20ClN5O6S. The lowest BCUT2D eigenvalue weighted by Crippen LogP contribution is -2.45. The Bertz CT molecular complexity index is 1340. The number of benzene rings is 1. The minimum atomic E-state index is -3.96. The van der Waals surface area contributed by atoms with Gasteiger partial charge in [-0.05, 0) is 19.1 Å². The average Bonchev–Trinajstić information content (AvgIpc) is 3.33. The summed E-state index contributed by atoms with van der Waals surface area (Å²) in [5, 5.41) is 21.5. The van der Waals surface area contributed by atoms with Crippen LogP contribution in [0.1, 0.15) is 17.7 Å². The molecule has 13 heteroatoms. The highest BCUT2D eigenvalue weighted by atomic mass is 35.5. The van der Waals surface area contributed by atoms with Crippen LogP contribution < -0.4 is 5.32 Å². The Morgan fingerprint density at radius 1 is 1.27 bits per heavy atom. The lowest BCUT2D eigenvalue weighted by atomic mass is 10.2. The number of likely N-dealkylation sites (tertiary alicyclic amines) is 1. The molecule has 0 bridgehead atoms. The first-order chi connectivity index (χ1) is 15.6. The molecule has 0 saturated carbocycles. The zero-order valence-electron chi connectivity index (χ0n) is 17.3. The smallest absolute Gasteiger partial charge is 0.408 e. The number of carbonyl (C=O) groups is 2. The first kappa shape index (κ1) is 23.0. The molecule has 2 unspecified atom stereocenters. The number of halogens is 1. The highest BCUT2D eigenvalue weighted by Gasteiger charge is 2.38. The molecule has 1 aliphatic heterocycles. The van der Waals surface area contributed by atoms with E-state index in [1.807, 2.05) is 6.92 Å². The molecule has 1 aromatic carbocycles. The second-order valence-corrected chi connectivity index (χ2v) is 9.90. The van der Waals surface area contributed by atoms with E-state index in [0.29, 0.717) is 5.69 Å². The summed E-state index contributed by atoms with van der Waals surface area (Å²) in [5.74, 6) is -0.582. The molecule has 1 fully saturated rings. The third kappa shape index (κ3) is 4.36. The van der Waals surface area contributed by atoms with Crippen LogP contribution in [0.5, 0.6) is 0 Å². The number of nitrogens with zero attached hydrogens (tertiary/aromatic N) is 4. The number of aromatic nitrogens is 3. The third-order valence-corrected chi connectivity index (χ3v) is 7.26. The van der Waals surface area contributed by atoms with Crippen molar-refractivity contribution >= 4 is 44.8 Å². The second kappa shape index (κ2) is 8.61. The van der Waals surface area contributed by atoms with Gasteiger partial charge >= 0.3 is 6.09 Å². The summed E-state index contributed by atoms with van der Waals surface area (Å²) in [6.45, 7) is 1.62. The topological polar surface area (TPSA) is 155 Å². The van der Waals surface area contributed by atoms with Crippen LogP contribution in [0.15, 0.2) is 41.6 Å². The molecule has 174 valence electrons. The Labute approximate surface area is 193 Å². The van der Waals surface area contributed by atoms with Gasteiger partial charge in [0.1, 0.15) is 11.6 Å². The highest BCUT2D eigenvalue weighted by Crippen LogP contribution is 2.27. The summed E-state index contributed by atoms with van der Waals surface area (Å²) in [7, 11) is -3.96. The van der Waals surface area contributed by atoms with Crippen molar-refractivity contribution in [2.24, 2.45) is 0 Å². The number of β-amino-alcohol motifs (C(OH)–C–C–N with tert-alkyl or cyclic N) is 1. The number of carboxylic acid groups (broad SMARTS) is 1. The van der Waals surface area contributed by atoms with Crippen molar-refractivity contribution in [2.45, 2.75) is 36.9 Å². The minimum Gasteiger partial charge on any atom is -0.465 e. The third-order valence-electron chi connectivity index (χ3n) is 5.32. The fourth-order valence-electron chi connectivity index (χ4n) is 3.63. The quantitative estimate of drug-likeness (QED) is 0.481. The number of carbonyl (C=O) groups excluding carboxylic acids is 1. The minimum absolute atomic E-state index is 0.00556. The Morgan fingerprint density at radius 2 is 1.97 bits per heavy atom. The van der Waals surface area contributed by atoms with E-state index in [1.165, 1.54) is 24.5 Å². The number of aliphatic hydroxyl groups excluding tert-OH is 1. The summed E-state index contributed by atoms with van der Waals surface area (Å²) in [6, 6.07) is 5.33. The van der Waals surface area contributed by atoms with Crippen molar-refractivity contribution in [3.05, 3.63) is 52.9 Å². The number of nitrogens with one attached hydrogen (secondary N) is 1. The van der Waals surface area contributed by atoms with Crippen molar-refractivity contribution in [3.63, 3.8) is 0 Å². The normalized spacial score (nSPS) is 18.6. The van der Waals surface area contributed by atoms with Gasteiger partial charge in [0, 0.05) is 12.6 Å². The maximum absolute atomic E-state index is 13.0. The van der Waals surface area contributed by atoms with Crippen molar-refractivity contribution < 1.29 is 28.2 Å². The van der Waals surface area contributed by atoms with Gasteiger partial charge in [0.15, 0.2) is 5.65 Å². The first-order valence-electron chi connectivity index (χ1n) is 9.88. The second-order valence-electron chi connectivity index (χ2n) is 7.68. The average molecular weight is 494 g/mol. The molecule has 11 nitrogen and oxygen atoms in total. The molecular weight excluding hydrogens is 474 g/mol. The first-order valence-corrected chi connectivity index (χ1v) is 11.7. The van der Waals surface area contributed by atoms with Gasteiger partial charge in [-0.1, -0.05) is 29.3 Å². The molecule has 4 rings (SSSR count). The summed E-state index contributed by atoms with van der Waals surface area (Å²) in [6.07, 6.45) is 0.305. The van der Waals surface area contributed by atoms with Crippen LogP contribution in [0.2, 0.25) is 5.02 Å². The van der Waals surface area contributed by atoms with Gasteiger partial charge in [-0.2, -0.15) is 0 Å². The maximum atomic E-state index is 13.0. The van der Waals surface area contributed by atoms with E-state index >= 15 is 0 Å². The molecule has 2 aromatic heterocycles. The zero-order valence-corrected chi connectivity index (χ0v) is 18.9. The van der Waals surface area contributed by atoms with Crippen LogP contribution >= 0.6 is 11.6 Å². The van der Waals surface area contributed by atoms with E-state index in [0.717, 1.165) is 14.4 Å². The van der Waals surface area contributed by atoms with Gasteiger partial charge in [-0.25, -0.2) is 27.2 Å². The van der Waals surface area contributed by atoms with Gasteiger partial charge < -0.3 is 15.5 Å². The maximum Gasteiger partial charge on any atom is 0.408 e. The Kier molecular flexibility index (Phi) is 5.99. The highest BCUT2D eigenvalue weighted by molar-refractivity contribution is 7.90. The van der Waals surface area contributed by atoms with E-state index in [4.69, 9.17) is 11.6 Å². The van der Waals surface area contributed by atoms with Crippen LogP contribution in [-0.4, -0.2) is 68.2 Å². The molecule has 0 aliphatic carbocycles. The van der Waals surface area contributed by atoms with Crippen molar-refractivity contribution in [2.75, 3.05) is 6.54 Å². The van der Waals surface area contributed by atoms with Crippen LogP contribution in [0.4, 0.5) is 4.79 Å². The lowest BCUT2D eigenvalue weighted by molar-refractivity contribution is -0.125. The predicted octanol–water partition coefficient (Wildman–Crippen LogP) is 1.36. The van der Waals surface area contributed by atoms with Crippen LogP contribution in [0.3, 0.4) is 0 Å². The molecule has 1 aliphatic rings. The monoisotopic (exact) mass is 493 g/mol. The fourth-order valence-corrected chi connectivity index (χ4v) is 5.22. The largest absolute Gasteiger partial charge is 0.465 e. The molecule has 3 heterocycles. The van der Waals surface area contributed by atoms with E-state index in [2.05, 4.69) is 15.3 Å². The Balaban J connectivity index is 1.56. The molecule has 33 heavy (non-hydrogen) atoms. The predicted molar refractivity (Wildman–Crippen MR) is 117 cm³/mol. The zero-order chi connectivity index (χ0) is 23.9. The van der Waals surface area contributed by atoms with Crippen LogP contribution in [0.25, 0.3) is 11.2 Å². The number of fused-ring (bicyclic) bond motifs is 1. The van der Waals surface area contributed by atoms with Crippen molar-refractivity contribution in [3.8, 4) is 0 Å². The summed E-state index contributed by atoms with van der Waals surface area (Å²) in [5.41, 5.74) is 1.38. The SMILES string of the molecule is Cc1ccc(S(=O)(=O)n2cc(Cl)c3nc(CNC(=O)C4CC(O)CN4C(=O)O)cnc32)cc1. The van der Waals surface area contributed by atoms with Crippen LogP contribution in [0, 0.1) is 6.92 Å². The molecule has 0 spiro atoms. The summed E-state index contributed by atoms with van der Waals surface area (Å²) >= 11 is 6.23. The molecule has 2 atom stereocenters. The van der Waals surface area contributed by atoms with E-state index in [1.54, 1.807) is 12.1 Å². The summed E-state index contributed by atoms with van der Waals surface area (Å²) < 4.78 is 27.0. The molecule has 3 N–H and O–H groups in total. The number of hydrogen-bond acceptors (Lipinski definition) is 7. The van der Waals surface area contributed by atoms with Gasteiger partial charge in [0.05, 0.1) is 41.0 Å². The number of aryl methyl sites for hydroxylation is 1. The number of hydrogen-bond donors (Lipinski definition) is 3. The van der Waals surface area contributed by atoms with Gasteiger partial charge in [0.25, 0.3) is 10.0 Å². The molecule has 0 radical (unpaired) electrons. The van der Waals surface area contributed by atoms with Crippen molar-refractivity contribution in [1.29, 1.82) is 0 Å². The number of aliphatic hydroxyl groups is 1. The Morgan fingerprint density at radius 3 is 2.64 bits per heavy atom. The number of rotatable bonds is 5. The van der Waals surface area contributed by atoms with Crippen LogP contribution in [-0.2, 0) is 21.4 Å². The van der Waals surface area contributed by atoms with E-state index in [-0.39, 0.29) is 40.6 Å². The molecule has 3 aromatic rings. The van der Waals surface area contributed by atoms with E-state index in [9.17, 15) is 28.2 Å². The summed E-state index contributed by atoms with van der Waals surface area (Å²) in [4.78, 5) is 33.2. The van der Waals surface area contributed by atoms with Crippen molar-refractivity contribution in [1.82, 2.24) is 24.2 Å². The fraction of sp³-hybridized carbons (Fsp3) is 0.300. The standard InChI is InChI=1S/C20H20ClN5O6S/c1-11-2-4-14(5-3-11)33(31,32)26-10-15(21)17-18(26)22-7-12(24-17)8-23-19(28)16-6-13(27)9-25(16)20(29)30/h2-5,7,10,13,16,27H,6,8-9H2,1H3,(H,23,28)(H,29,30). The number of amides is 2. The van der Waals surface area contributed by atoms with Gasteiger partial charge in [-0.3, -0.25) is 9.69 Å². The van der Waals surface area contributed by atoms with Gasteiger partial charge in [0.2, 0.25) is 5.91 Å². The lowest BCUT2D eigenvalue weighted by Gasteiger charge is -2.20. The van der Waals surface area contributed by atoms with E-state index < -0.39 is 34.2 Å².